The fraction of sp³-hybridized carbons (Fsp3) is 0.190. The zero-order chi connectivity index (χ0) is 22.9. The molecule has 1 aliphatic heterocycles. The van der Waals surface area contributed by atoms with E-state index in [-0.39, 0.29) is 48.4 Å². The average molecular weight is 476 g/mol. The van der Waals surface area contributed by atoms with Gasteiger partial charge in [0.15, 0.2) is 5.76 Å². The van der Waals surface area contributed by atoms with Crippen molar-refractivity contribution in [2.24, 2.45) is 0 Å². The molecule has 2 heterocycles. The molecule has 0 atom stereocenters. The van der Waals surface area contributed by atoms with Crippen LogP contribution >= 0.6 is 11.6 Å². The minimum atomic E-state index is -3.92. The largest absolute Gasteiger partial charge is 0.451 e. The summed E-state index contributed by atoms with van der Waals surface area (Å²) < 4.78 is 32.6. The zero-order valence-electron chi connectivity index (χ0n) is 16.7. The smallest absolute Gasteiger partial charge is 0.289 e. The molecule has 11 heteroatoms. The van der Waals surface area contributed by atoms with Crippen LogP contribution in [0.25, 0.3) is 11.3 Å². The van der Waals surface area contributed by atoms with Crippen molar-refractivity contribution in [2.75, 3.05) is 26.2 Å². The number of furan rings is 1. The molecule has 166 valence electrons. The van der Waals surface area contributed by atoms with Gasteiger partial charge in [-0.1, -0.05) is 29.8 Å². The Kier molecular flexibility index (Phi) is 6.00. The standard InChI is InChI=1S/C21H18ClN3O6S/c22-18-7-2-1-6-17(18)19-8-9-20(31-19)21(26)23-10-12-24(13-11-23)32(29,30)16-5-3-4-15(14-16)25(27)28/h1-9,14H,10-13H2. The number of nitro benzene ring substituents is 1. The highest BCUT2D eigenvalue weighted by Gasteiger charge is 2.32. The maximum Gasteiger partial charge on any atom is 0.289 e. The molecule has 0 spiro atoms. The number of halogens is 1. The molecule has 2 aromatic carbocycles. The van der Waals surface area contributed by atoms with Crippen molar-refractivity contribution >= 4 is 33.2 Å². The Hall–Kier alpha value is -3.21. The predicted molar refractivity (Wildman–Crippen MR) is 117 cm³/mol. The zero-order valence-corrected chi connectivity index (χ0v) is 18.3. The highest BCUT2D eigenvalue weighted by atomic mass is 35.5. The SMILES string of the molecule is O=C(c1ccc(-c2ccccc2Cl)o1)N1CCN(S(=O)(=O)c2cccc([N+](=O)[O-])c2)CC1. The van der Waals surface area contributed by atoms with Crippen molar-refractivity contribution in [3.8, 4) is 11.3 Å². The molecule has 1 aromatic heterocycles. The third kappa shape index (κ3) is 4.24. The van der Waals surface area contributed by atoms with Crippen LogP contribution < -0.4 is 0 Å². The van der Waals surface area contributed by atoms with Gasteiger partial charge in [-0.25, -0.2) is 8.42 Å². The van der Waals surface area contributed by atoms with Crippen molar-refractivity contribution < 1.29 is 22.6 Å². The molecule has 0 bridgehead atoms. The van der Waals surface area contributed by atoms with E-state index in [0.29, 0.717) is 16.3 Å². The molecular weight excluding hydrogens is 458 g/mol. The molecule has 0 unspecified atom stereocenters. The van der Waals surface area contributed by atoms with Crippen molar-refractivity contribution in [1.29, 1.82) is 0 Å². The summed E-state index contributed by atoms with van der Waals surface area (Å²) in [5.41, 5.74) is 0.369. The Labute approximate surface area is 189 Å². The van der Waals surface area contributed by atoms with Crippen LogP contribution in [0.5, 0.6) is 0 Å². The summed E-state index contributed by atoms with van der Waals surface area (Å²) in [6, 6.07) is 15.3. The van der Waals surface area contributed by atoms with Crippen molar-refractivity contribution in [1.82, 2.24) is 9.21 Å². The third-order valence-corrected chi connectivity index (χ3v) is 7.37. The van der Waals surface area contributed by atoms with Crippen LogP contribution in [-0.2, 0) is 10.0 Å². The summed E-state index contributed by atoms with van der Waals surface area (Å²) in [6.45, 7) is 0.452. The van der Waals surface area contributed by atoms with E-state index in [4.69, 9.17) is 16.0 Å². The molecule has 1 aliphatic rings. The van der Waals surface area contributed by atoms with E-state index >= 15 is 0 Å². The van der Waals surface area contributed by atoms with Crippen LogP contribution in [0, 0.1) is 10.1 Å². The van der Waals surface area contributed by atoms with Gasteiger partial charge in [-0.2, -0.15) is 4.31 Å². The lowest BCUT2D eigenvalue weighted by atomic mass is 10.2. The van der Waals surface area contributed by atoms with E-state index in [9.17, 15) is 23.3 Å². The molecule has 4 rings (SSSR count). The minimum absolute atomic E-state index is 0.0643. The number of hydrogen-bond donors (Lipinski definition) is 0. The van der Waals surface area contributed by atoms with Gasteiger partial charge < -0.3 is 9.32 Å². The molecular formula is C21H18ClN3O6S. The lowest BCUT2D eigenvalue weighted by molar-refractivity contribution is -0.385. The van der Waals surface area contributed by atoms with Crippen molar-refractivity contribution in [3.05, 3.63) is 81.6 Å². The lowest BCUT2D eigenvalue weighted by Gasteiger charge is -2.33. The van der Waals surface area contributed by atoms with E-state index < -0.39 is 14.9 Å². The number of rotatable bonds is 5. The van der Waals surface area contributed by atoms with Gasteiger partial charge >= 0.3 is 0 Å². The van der Waals surface area contributed by atoms with Crippen molar-refractivity contribution in [3.63, 3.8) is 0 Å². The van der Waals surface area contributed by atoms with E-state index in [1.807, 2.05) is 6.07 Å². The minimum Gasteiger partial charge on any atom is -0.451 e. The number of sulfonamides is 1. The van der Waals surface area contributed by atoms with Crippen molar-refractivity contribution in [2.45, 2.75) is 4.90 Å². The summed E-state index contributed by atoms with van der Waals surface area (Å²) in [5, 5.41) is 11.5. The maximum atomic E-state index is 12.9. The van der Waals surface area contributed by atoms with Crippen LogP contribution in [0.3, 0.4) is 0 Å². The number of piperazine rings is 1. The van der Waals surface area contributed by atoms with E-state index in [1.54, 1.807) is 30.3 Å². The van der Waals surface area contributed by atoms with Gasteiger partial charge in [-0.15, -0.1) is 0 Å². The van der Waals surface area contributed by atoms with E-state index in [0.717, 1.165) is 6.07 Å². The van der Waals surface area contributed by atoms with Crippen LogP contribution in [0.4, 0.5) is 5.69 Å². The maximum absolute atomic E-state index is 12.9. The summed E-state index contributed by atoms with van der Waals surface area (Å²) in [6.07, 6.45) is 0. The predicted octanol–water partition coefficient (Wildman–Crippen LogP) is 3.65. The fourth-order valence-electron chi connectivity index (χ4n) is 3.45. The topological polar surface area (TPSA) is 114 Å². The van der Waals surface area contributed by atoms with Crippen LogP contribution in [0.1, 0.15) is 10.6 Å². The fourth-order valence-corrected chi connectivity index (χ4v) is 5.14. The molecule has 1 fully saturated rings. The van der Waals surface area contributed by atoms with Gasteiger partial charge in [0.1, 0.15) is 5.76 Å². The van der Waals surface area contributed by atoms with Gasteiger partial charge in [0, 0.05) is 43.9 Å². The number of amides is 1. The number of carbonyl (C=O) groups excluding carboxylic acids is 1. The van der Waals surface area contributed by atoms with Crippen LogP contribution in [0.2, 0.25) is 5.02 Å². The Bertz CT molecular complexity index is 1280. The Balaban J connectivity index is 1.45. The normalized spacial score (nSPS) is 15.0. The molecule has 3 aromatic rings. The van der Waals surface area contributed by atoms with Gasteiger partial charge in [0.05, 0.1) is 14.8 Å². The number of hydrogen-bond acceptors (Lipinski definition) is 6. The summed E-state index contributed by atoms with van der Waals surface area (Å²) in [5.74, 6) is 0.247. The third-order valence-electron chi connectivity index (χ3n) is 5.15. The highest BCUT2D eigenvalue weighted by Crippen LogP contribution is 2.29. The average Bonchev–Trinajstić information content (AvgIpc) is 3.29. The summed E-state index contributed by atoms with van der Waals surface area (Å²) in [7, 11) is -3.92. The highest BCUT2D eigenvalue weighted by molar-refractivity contribution is 7.89. The summed E-state index contributed by atoms with van der Waals surface area (Å²) in [4.78, 5) is 24.5. The Morgan fingerprint density at radius 1 is 1.00 bits per heavy atom. The Morgan fingerprint density at radius 3 is 2.41 bits per heavy atom. The number of benzene rings is 2. The molecule has 1 saturated heterocycles. The van der Waals surface area contributed by atoms with Crippen LogP contribution in [-0.4, -0.2) is 54.6 Å². The lowest BCUT2D eigenvalue weighted by Crippen LogP contribution is -2.50. The monoisotopic (exact) mass is 475 g/mol. The molecule has 0 saturated carbocycles. The molecule has 9 nitrogen and oxygen atoms in total. The molecule has 0 radical (unpaired) electrons. The van der Waals surface area contributed by atoms with Gasteiger partial charge in [0.25, 0.3) is 11.6 Å². The number of nitro groups is 1. The van der Waals surface area contributed by atoms with Gasteiger partial charge in [-0.05, 0) is 30.3 Å². The molecule has 0 N–H and O–H groups in total. The van der Waals surface area contributed by atoms with Crippen LogP contribution in [0.15, 0.2) is 70.0 Å². The number of non-ortho nitro benzene ring substituents is 1. The van der Waals surface area contributed by atoms with Gasteiger partial charge in [-0.3, -0.25) is 14.9 Å². The quantitative estimate of drug-likeness (QED) is 0.411. The second-order valence-corrected chi connectivity index (χ2v) is 9.44. The first-order valence-electron chi connectivity index (χ1n) is 9.66. The first-order chi connectivity index (χ1) is 15.3. The van der Waals surface area contributed by atoms with Gasteiger partial charge in [0.2, 0.25) is 10.0 Å². The summed E-state index contributed by atoms with van der Waals surface area (Å²) >= 11 is 6.18. The number of nitrogens with zero attached hydrogens (tertiary/aromatic N) is 3. The molecule has 1 amide bonds. The first-order valence-corrected chi connectivity index (χ1v) is 11.5. The second kappa shape index (κ2) is 8.73. The number of carbonyl (C=O) groups is 1. The van der Waals surface area contributed by atoms with E-state index in [2.05, 4.69) is 0 Å². The molecule has 0 aliphatic carbocycles. The second-order valence-electron chi connectivity index (χ2n) is 7.09. The first kappa shape index (κ1) is 22.0. The Morgan fingerprint density at radius 2 is 1.72 bits per heavy atom. The molecule has 32 heavy (non-hydrogen) atoms. The van der Waals surface area contributed by atoms with E-state index in [1.165, 1.54) is 27.4 Å².